The fraction of sp³-hybridized carbons (Fsp3) is 0.231. The maximum Gasteiger partial charge on any atom is 0.419 e. The van der Waals surface area contributed by atoms with Gasteiger partial charge in [-0.15, -0.1) is 5.10 Å². The average molecular weight is 301 g/mol. The number of benzene rings is 1. The molecule has 0 aliphatic heterocycles. The number of hydrogen-bond donors (Lipinski definition) is 1. The van der Waals surface area contributed by atoms with Crippen LogP contribution in [0.5, 0.6) is 11.6 Å². The average Bonchev–Trinajstić information content (AvgIpc) is 2.42. The van der Waals surface area contributed by atoms with E-state index in [0.717, 1.165) is 6.07 Å². The molecule has 0 saturated carbocycles. The first-order valence-electron chi connectivity index (χ1n) is 5.92. The van der Waals surface area contributed by atoms with Crippen molar-refractivity contribution in [2.75, 3.05) is 7.05 Å². The van der Waals surface area contributed by atoms with Crippen LogP contribution >= 0.6 is 0 Å². The van der Waals surface area contributed by atoms with Crippen LogP contribution in [-0.4, -0.2) is 17.2 Å². The van der Waals surface area contributed by atoms with Crippen LogP contribution in [0.4, 0.5) is 17.6 Å². The van der Waals surface area contributed by atoms with E-state index in [2.05, 4.69) is 15.5 Å². The first-order valence-corrected chi connectivity index (χ1v) is 5.92. The zero-order valence-corrected chi connectivity index (χ0v) is 10.9. The lowest BCUT2D eigenvalue weighted by Gasteiger charge is -2.10. The first-order chi connectivity index (χ1) is 9.90. The standard InChI is InChI=1S/C13H11F4N3O/c1-18-7-8-2-5-12(20-19-8)21-9-3-4-11(14)10(6-9)13(15,16)17/h2-6,18H,7H2,1H3. The molecule has 0 atom stereocenters. The third kappa shape index (κ3) is 3.88. The second-order valence-corrected chi connectivity index (χ2v) is 4.13. The molecule has 1 heterocycles. The Balaban J connectivity index is 2.20. The van der Waals surface area contributed by atoms with E-state index in [9.17, 15) is 17.6 Å². The van der Waals surface area contributed by atoms with Gasteiger partial charge in [0.05, 0.1) is 11.3 Å². The molecule has 0 fully saturated rings. The van der Waals surface area contributed by atoms with Crippen LogP contribution in [0.3, 0.4) is 0 Å². The van der Waals surface area contributed by atoms with Crippen LogP contribution in [0.1, 0.15) is 11.3 Å². The molecular weight excluding hydrogens is 290 g/mol. The first kappa shape index (κ1) is 15.2. The highest BCUT2D eigenvalue weighted by molar-refractivity contribution is 5.34. The van der Waals surface area contributed by atoms with Gasteiger partial charge >= 0.3 is 6.18 Å². The lowest BCUT2D eigenvalue weighted by molar-refractivity contribution is -0.140. The number of halogens is 4. The van der Waals surface area contributed by atoms with E-state index in [1.54, 1.807) is 13.1 Å². The van der Waals surface area contributed by atoms with Gasteiger partial charge in [0, 0.05) is 12.6 Å². The summed E-state index contributed by atoms with van der Waals surface area (Å²) in [7, 11) is 1.74. The highest BCUT2D eigenvalue weighted by Gasteiger charge is 2.34. The molecule has 2 rings (SSSR count). The zero-order valence-electron chi connectivity index (χ0n) is 10.9. The van der Waals surface area contributed by atoms with Gasteiger partial charge in [-0.05, 0) is 31.3 Å². The van der Waals surface area contributed by atoms with Crippen molar-refractivity contribution >= 4 is 0 Å². The highest BCUT2D eigenvalue weighted by atomic mass is 19.4. The summed E-state index contributed by atoms with van der Waals surface area (Å²) >= 11 is 0. The number of rotatable bonds is 4. The monoisotopic (exact) mass is 301 g/mol. The molecule has 1 aromatic heterocycles. The lowest BCUT2D eigenvalue weighted by Crippen LogP contribution is -2.08. The molecule has 0 saturated heterocycles. The molecule has 0 radical (unpaired) electrons. The van der Waals surface area contributed by atoms with Gasteiger partial charge < -0.3 is 10.1 Å². The molecule has 1 N–H and O–H groups in total. The number of alkyl halides is 3. The Bertz CT molecular complexity index is 614. The summed E-state index contributed by atoms with van der Waals surface area (Å²) in [5.41, 5.74) is -0.736. The Kier molecular flexibility index (Phi) is 4.37. The van der Waals surface area contributed by atoms with Crippen molar-refractivity contribution in [3.05, 3.63) is 47.4 Å². The molecular formula is C13H11F4N3O. The quantitative estimate of drug-likeness (QED) is 0.881. The Morgan fingerprint density at radius 1 is 1.14 bits per heavy atom. The van der Waals surface area contributed by atoms with Crippen LogP contribution in [0.25, 0.3) is 0 Å². The van der Waals surface area contributed by atoms with Crippen LogP contribution in [0, 0.1) is 5.82 Å². The van der Waals surface area contributed by atoms with Crippen molar-refractivity contribution in [1.82, 2.24) is 15.5 Å². The van der Waals surface area contributed by atoms with Gasteiger partial charge in [0.15, 0.2) is 0 Å². The van der Waals surface area contributed by atoms with E-state index in [4.69, 9.17) is 4.74 Å². The molecule has 1 aromatic carbocycles. The topological polar surface area (TPSA) is 47.0 Å². The van der Waals surface area contributed by atoms with E-state index in [-0.39, 0.29) is 11.6 Å². The minimum Gasteiger partial charge on any atom is -0.438 e. The van der Waals surface area contributed by atoms with Gasteiger partial charge in [-0.25, -0.2) is 4.39 Å². The van der Waals surface area contributed by atoms with E-state index in [1.807, 2.05) is 0 Å². The summed E-state index contributed by atoms with van der Waals surface area (Å²) in [6, 6.07) is 5.45. The number of ether oxygens (including phenoxy) is 1. The lowest BCUT2D eigenvalue weighted by atomic mass is 10.2. The summed E-state index contributed by atoms with van der Waals surface area (Å²) in [5, 5.41) is 10.4. The van der Waals surface area contributed by atoms with Crippen LogP contribution in [0.2, 0.25) is 0 Å². The van der Waals surface area contributed by atoms with Gasteiger partial charge in [0.25, 0.3) is 0 Å². The number of hydrogen-bond acceptors (Lipinski definition) is 4. The minimum absolute atomic E-state index is 0.0228. The van der Waals surface area contributed by atoms with Gasteiger partial charge in [-0.1, -0.05) is 0 Å². The normalized spacial score (nSPS) is 11.5. The number of nitrogens with zero attached hydrogens (tertiary/aromatic N) is 2. The third-order valence-corrected chi connectivity index (χ3v) is 2.52. The summed E-state index contributed by atoms with van der Waals surface area (Å²) in [6.45, 7) is 0.502. The largest absolute Gasteiger partial charge is 0.438 e. The second-order valence-electron chi connectivity index (χ2n) is 4.13. The Labute approximate surface area is 117 Å². The SMILES string of the molecule is CNCc1ccc(Oc2ccc(F)c(C(F)(F)F)c2)nn1. The maximum absolute atomic E-state index is 13.1. The highest BCUT2D eigenvalue weighted by Crippen LogP contribution is 2.34. The fourth-order valence-electron chi connectivity index (χ4n) is 1.58. The molecule has 0 aliphatic rings. The van der Waals surface area contributed by atoms with E-state index < -0.39 is 17.6 Å². The molecule has 4 nitrogen and oxygen atoms in total. The fourth-order valence-corrected chi connectivity index (χ4v) is 1.58. The summed E-state index contributed by atoms with van der Waals surface area (Å²) < 4.78 is 56.0. The predicted octanol–water partition coefficient (Wildman–Crippen LogP) is 3.15. The van der Waals surface area contributed by atoms with E-state index in [0.29, 0.717) is 24.4 Å². The number of aromatic nitrogens is 2. The van der Waals surface area contributed by atoms with E-state index in [1.165, 1.54) is 6.07 Å². The van der Waals surface area contributed by atoms with Crippen molar-refractivity contribution in [3.8, 4) is 11.6 Å². The summed E-state index contributed by atoms with van der Waals surface area (Å²) in [5.74, 6) is -1.50. The van der Waals surface area contributed by atoms with E-state index >= 15 is 0 Å². The molecule has 112 valence electrons. The number of nitrogens with one attached hydrogen (secondary N) is 1. The van der Waals surface area contributed by atoms with Crippen LogP contribution < -0.4 is 10.1 Å². The third-order valence-electron chi connectivity index (χ3n) is 2.52. The predicted molar refractivity (Wildman–Crippen MR) is 66.3 cm³/mol. The zero-order chi connectivity index (χ0) is 15.5. The maximum atomic E-state index is 13.1. The molecule has 0 unspecified atom stereocenters. The van der Waals surface area contributed by atoms with Gasteiger partial charge in [-0.2, -0.15) is 18.3 Å². The minimum atomic E-state index is -4.79. The van der Waals surface area contributed by atoms with Crippen molar-refractivity contribution in [3.63, 3.8) is 0 Å². The summed E-state index contributed by atoms with van der Waals surface area (Å²) in [6.07, 6.45) is -4.79. The Hall–Kier alpha value is -2.22. The van der Waals surface area contributed by atoms with Gasteiger partial charge in [-0.3, -0.25) is 0 Å². The van der Waals surface area contributed by atoms with Gasteiger partial charge in [0.2, 0.25) is 5.88 Å². The van der Waals surface area contributed by atoms with Crippen LogP contribution in [-0.2, 0) is 12.7 Å². The van der Waals surface area contributed by atoms with Gasteiger partial charge in [0.1, 0.15) is 11.6 Å². The molecule has 0 amide bonds. The van der Waals surface area contributed by atoms with Crippen molar-refractivity contribution in [1.29, 1.82) is 0 Å². The molecule has 0 spiro atoms. The van der Waals surface area contributed by atoms with Crippen LogP contribution in [0.15, 0.2) is 30.3 Å². The summed E-state index contributed by atoms with van der Waals surface area (Å²) in [4.78, 5) is 0. The molecule has 2 aromatic rings. The van der Waals surface area contributed by atoms with Crippen molar-refractivity contribution in [2.24, 2.45) is 0 Å². The molecule has 8 heteroatoms. The van der Waals surface area contributed by atoms with Crippen molar-refractivity contribution < 1.29 is 22.3 Å². The van der Waals surface area contributed by atoms with Crippen molar-refractivity contribution in [2.45, 2.75) is 12.7 Å². The molecule has 21 heavy (non-hydrogen) atoms. The molecule has 0 bridgehead atoms. The Morgan fingerprint density at radius 2 is 1.90 bits per heavy atom. The second kappa shape index (κ2) is 6.04. The molecule has 0 aliphatic carbocycles. The Morgan fingerprint density at radius 3 is 2.48 bits per heavy atom. The smallest absolute Gasteiger partial charge is 0.419 e.